The molecule has 2 amide bonds. The molecule has 0 radical (unpaired) electrons. The van der Waals surface area contributed by atoms with Crippen LogP contribution in [0.3, 0.4) is 0 Å². The first-order chi connectivity index (χ1) is 9.02. The van der Waals surface area contributed by atoms with Crippen LogP contribution in [0.25, 0.3) is 0 Å². The van der Waals surface area contributed by atoms with Gasteiger partial charge in [-0.1, -0.05) is 6.07 Å². The summed E-state index contributed by atoms with van der Waals surface area (Å²) in [7, 11) is 0. The van der Waals surface area contributed by atoms with E-state index in [9.17, 15) is 19.7 Å². The number of hydrogen-bond acceptors (Lipinski definition) is 5. The van der Waals surface area contributed by atoms with E-state index in [-0.39, 0.29) is 23.8 Å². The molecule has 98 valence electrons. The molecule has 0 saturated heterocycles. The molecule has 1 aliphatic rings. The van der Waals surface area contributed by atoms with E-state index in [1.165, 1.54) is 24.3 Å². The topological polar surface area (TPSA) is 92.6 Å². The number of nitro benzene ring substituents is 1. The minimum atomic E-state index is -0.528. The molecule has 0 saturated carbocycles. The van der Waals surface area contributed by atoms with Gasteiger partial charge in [-0.15, -0.1) is 0 Å². The molecule has 1 aromatic rings. The number of anilines is 1. The lowest BCUT2D eigenvalue weighted by atomic mass is 10.2. The first-order valence-corrected chi connectivity index (χ1v) is 5.62. The van der Waals surface area contributed by atoms with Gasteiger partial charge in [-0.3, -0.25) is 24.6 Å². The van der Waals surface area contributed by atoms with Crippen LogP contribution in [-0.2, 0) is 9.59 Å². The average molecular weight is 261 g/mol. The number of nitrogens with zero attached hydrogens (tertiary/aromatic N) is 2. The number of carbonyl (C=O) groups excluding carboxylic acids is 2. The lowest BCUT2D eigenvalue weighted by Gasteiger charge is -2.12. The predicted molar refractivity (Wildman–Crippen MR) is 67.2 cm³/mol. The Balaban J connectivity index is 2.21. The molecule has 19 heavy (non-hydrogen) atoms. The van der Waals surface area contributed by atoms with Gasteiger partial charge in [0.2, 0.25) is 0 Å². The van der Waals surface area contributed by atoms with Crippen molar-refractivity contribution in [2.75, 3.05) is 11.9 Å². The molecule has 0 aromatic heterocycles. The van der Waals surface area contributed by atoms with Gasteiger partial charge in [0.15, 0.2) is 0 Å². The van der Waals surface area contributed by atoms with Crippen LogP contribution in [0, 0.1) is 10.1 Å². The number of non-ortho nitro benzene ring substituents is 1. The van der Waals surface area contributed by atoms with Gasteiger partial charge in [0, 0.05) is 30.4 Å². The quantitative estimate of drug-likeness (QED) is 0.500. The van der Waals surface area contributed by atoms with Crippen LogP contribution in [0.2, 0.25) is 0 Å². The summed E-state index contributed by atoms with van der Waals surface area (Å²) in [6.07, 6.45) is 1.19. The van der Waals surface area contributed by atoms with E-state index < -0.39 is 10.8 Å². The predicted octanol–water partition coefficient (Wildman–Crippen LogP) is 1.28. The molecule has 0 spiro atoms. The van der Waals surface area contributed by atoms with Gasteiger partial charge in [0.25, 0.3) is 17.5 Å². The Morgan fingerprint density at radius 2 is 2.11 bits per heavy atom. The van der Waals surface area contributed by atoms with Crippen LogP contribution < -0.4 is 5.32 Å². The Morgan fingerprint density at radius 1 is 1.37 bits per heavy atom. The van der Waals surface area contributed by atoms with E-state index >= 15 is 0 Å². The third-order valence-corrected chi connectivity index (χ3v) is 2.66. The molecule has 0 unspecified atom stereocenters. The fraction of sp³-hybridized carbons (Fsp3) is 0.167. The Bertz CT molecular complexity index is 594. The highest BCUT2D eigenvalue weighted by atomic mass is 16.6. The van der Waals surface area contributed by atoms with E-state index in [1.54, 1.807) is 13.0 Å². The number of likely N-dealkylation sites (N-methyl/N-ethyl adjacent to an activating group) is 1. The van der Waals surface area contributed by atoms with Crippen molar-refractivity contribution in [2.24, 2.45) is 0 Å². The van der Waals surface area contributed by atoms with Crippen molar-refractivity contribution in [1.82, 2.24) is 4.90 Å². The fourth-order valence-electron chi connectivity index (χ4n) is 1.75. The van der Waals surface area contributed by atoms with Crippen LogP contribution in [0.1, 0.15) is 6.92 Å². The summed E-state index contributed by atoms with van der Waals surface area (Å²) in [5, 5.41) is 13.4. The molecule has 1 aromatic carbocycles. The van der Waals surface area contributed by atoms with E-state index in [1.807, 2.05) is 0 Å². The van der Waals surface area contributed by atoms with E-state index in [4.69, 9.17) is 0 Å². The standard InChI is InChI=1S/C12H11N3O4/c1-2-14-11(16)7-10(12(14)17)13-8-4-3-5-9(6-8)15(18)19/h3-7,13H,2H2,1H3. The average Bonchev–Trinajstić information content (AvgIpc) is 2.64. The molecule has 1 heterocycles. The summed E-state index contributed by atoms with van der Waals surface area (Å²) < 4.78 is 0. The number of amides is 2. The molecule has 0 aliphatic carbocycles. The Morgan fingerprint density at radius 3 is 2.68 bits per heavy atom. The zero-order valence-electron chi connectivity index (χ0n) is 10.1. The molecule has 0 fully saturated rings. The van der Waals surface area contributed by atoms with E-state index in [2.05, 4.69) is 5.32 Å². The van der Waals surface area contributed by atoms with Gasteiger partial charge in [-0.2, -0.15) is 0 Å². The summed E-state index contributed by atoms with van der Waals surface area (Å²) in [6.45, 7) is 1.98. The van der Waals surface area contributed by atoms with Gasteiger partial charge < -0.3 is 5.32 Å². The van der Waals surface area contributed by atoms with Crippen molar-refractivity contribution in [3.63, 3.8) is 0 Å². The highest BCUT2D eigenvalue weighted by molar-refractivity contribution is 6.17. The van der Waals surface area contributed by atoms with Crippen LogP contribution in [0.15, 0.2) is 36.0 Å². The molecule has 1 N–H and O–H groups in total. The summed E-state index contributed by atoms with van der Waals surface area (Å²) in [6, 6.07) is 5.73. The van der Waals surface area contributed by atoms with Crippen molar-refractivity contribution in [2.45, 2.75) is 6.92 Å². The second-order valence-corrected chi connectivity index (χ2v) is 3.88. The van der Waals surface area contributed by atoms with Crippen LogP contribution in [-0.4, -0.2) is 28.2 Å². The first-order valence-electron chi connectivity index (χ1n) is 5.62. The van der Waals surface area contributed by atoms with Crippen molar-refractivity contribution in [3.05, 3.63) is 46.2 Å². The zero-order valence-corrected chi connectivity index (χ0v) is 10.1. The monoisotopic (exact) mass is 261 g/mol. The van der Waals surface area contributed by atoms with Gasteiger partial charge in [-0.25, -0.2) is 0 Å². The van der Waals surface area contributed by atoms with Crippen molar-refractivity contribution in [3.8, 4) is 0 Å². The maximum absolute atomic E-state index is 11.8. The van der Waals surface area contributed by atoms with Crippen molar-refractivity contribution in [1.29, 1.82) is 0 Å². The second kappa shape index (κ2) is 4.89. The van der Waals surface area contributed by atoms with Crippen LogP contribution >= 0.6 is 0 Å². The molecular weight excluding hydrogens is 250 g/mol. The molecule has 7 heteroatoms. The second-order valence-electron chi connectivity index (χ2n) is 3.88. The van der Waals surface area contributed by atoms with Crippen LogP contribution in [0.5, 0.6) is 0 Å². The summed E-state index contributed by atoms with van der Waals surface area (Å²) in [5.74, 6) is -0.820. The Hall–Kier alpha value is -2.70. The Labute approximate surface area is 108 Å². The highest BCUT2D eigenvalue weighted by Gasteiger charge is 2.29. The number of carbonyl (C=O) groups is 2. The molecule has 1 aliphatic heterocycles. The molecule has 7 nitrogen and oxygen atoms in total. The fourth-order valence-corrected chi connectivity index (χ4v) is 1.75. The number of imide groups is 1. The minimum Gasteiger partial charge on any atom is -0.351 e. The Kier molecular flexibility index (Phi) is 3.28. The van der Waals surface area contributed by atoms with Crippen molar-refractivity contribution >= 4 is 23.2 Å². The maximum Gasteiger partial charge on any atom is 0.277 e. The number of nitro groups is 1. The molecule has 2 rings (SSSR count). The lowest BCUT2D eigenvalue weighted by molar-refractivity contribution is -0.384. The highest BCUT2D eigenvalue weighted by Crippen LogP contribution is 2.21. The maximum atomic E-state index is 11.8. The van der Waals surface area contributed by atoms with Gasteiger partial charge in [0.1, 0.15) is 5.70 Å². The SMILES string of the molecule is CCN1C(=O)C=C(Nc2cccc([N+](=O)[O-])c2)C1=O. The van der Waals surface area contributed by atoms with E-state index in [0.717, 1.165) is 4.90 Å². The first kappa shape index (κ1) is 12.7. The number of nitrogens with one attached hydrogen (secondary N) is 1. The zero-order chi connectivity index (χ0) is 14.0. The molecule has 0 bridgehead atoms. The normalized spacial score (nSPS) is 14.6. The summed E-state index contributed by atoms with van der Waals surface area (Å²) in [4.78, 5) is 34.5. The smallest absolute Gasteiger partial charge is 0.277 e. The van der Waals surface area contributed by atoms with E-state index in [0.29, 0.717) is 5.69 Å². The third kappa shape index (κ3) is 2.44. The minimum absolute atomic E-state index is 0.0882. The number of rotatable bonds is 4. The largest absolute Gasteiger partial charge is 0.351 e. The third-order valence-electron chi connectivity index (χ3n) is 2.66. The number of benzene rings is 1. The van der Waals surface area contributed by atoms with Gasteiger partial charge in [0.05, 0.1) is 4.92 Å². The van der Waals surface area contributed by atoms with Crippen molar-refractivity contribution < 1.29 is 14.5 Å². The van der Waals surface area contributed by atoms with Gasteiger partial charge >= 0.3 is 0 Å². The molecule has 0 atom stereocenters. The van der Waals surface area contributed by atoms with Gasteiger partial charge in [-0.05, 0) is 13.0 Å². The van der Waals surface area contributed by atoms with Crippen LogP contribution in [0.4, 0.5) is 11.4 Å². The number of hydrogen-bond donors (Lipinski definition) is 1. The summed E-state index contributed by atoms with van der Waals surface area (Å²) in [5.41, 5.74) is 0.418. The molecular formula is C12H11N3O4. The lowest BCUT2D eigenvalue weighted by Crippen LogP contribution is -2.31. The summed E-state index contributed by atoms with van der Waals surface area (Å²) >= 11 is 0.